The minimum absolute atomic E-state index is 0.240. The van der Waals surface area contributed by atoms with Gasteiger partial charge in [0.05, 0.1) is 35.4 Å². The SMILES string of the molecule is Cc1cc2cc(n1)-c1cnn(C)c1OCCCC(C1CC1)N1/C(=N/C2=O)Nc2ccc(NC3CC3)cc21. The van der Waals surface area contributed by atoms with Crippen molar-refractivity contribution in [1.82, 2.24) is 14.8 Å². The predicted octanol–water partition coefficient (Wildman–Crippen LogP) is 4.74. The molecule has 0 saturated heterocycles. The van der Waals surface area contributed by atoms with Gasteiger partial charge in [0, 0.05) is 36.1 Å². The molecule has 1 amide bonds. The fraction of sp³-hybridized carbons (Fsp3) is 0.429. The molecule has 7 rings (SSSR count). The van der Waals surface area contributed by atoms with Gasteiger partial charge in [0.15, 0.2) is 0 Å². The smallest absolute Gasteiger partial charge is 0.280 e. The van der Waals surface area contributed by atoms with Gasteiger partial charge in [0.1, 0.15) is 0 Å². The maximum atomic E-state index is 13.6. The van der Waals surface area contributed by atoms with Gasteiger partial charge in [-0.05, 0) is 81.7 Å². The summed E-state index contributed by atoms with van der Waals surface area (Å²) >= 11 is 0. The van der Waals surface area contributed by atoms with E-state index in [1.54, 1.807) is 23.0 Å². The van der Waals surface area contributed by atoms with Crippen LogP contribution < -0.4 is 20.3 Å². The van der Waals surface area contributed by atoms with Gasteiger partial charge in [0.25, 0.3) is 5.91 Å². The maximum Gasteiger partial charge on any atom is 0.280 e. The lowest BCUT2D eigenvalue weighted by Crippen LogP contribution is -2.42. The van der Waals surface area contributed by atoms with Crippen LogP contribution in [0.2, 0.25) is 0 Å². The second kappa shape index (κ2) is 8.61. The summed E-state index contributed by atoms with van der Waals surface area (Å²) in [5.74, 6) is 1.56. The second-order valence-electron chi connectivity index (χ2n) is 10.7. The summed E-state index contributed by atoms with van der Waals surface area (Å²) in [6, 6.07) is 10.8. The highest BCUT2D eigenvalue weighted by atomic mass is 16.5. The highest BCUT2D eigenvalue weighted by Crippen LogP contribution is 2.45. The van der Waals surface area contributed by atoms with Gasteiger partial charge >= 0.3 is 0 Å². The number of benzene rings is 1. The van der Waals surface area contributed by atoms with E-state index in [0.29, 0.717) is 41.7 Å². The Morgan fingerprint density at radius 1 is 1.11 bits per heavy atom. The highest BCUT2D eigenvalue weighted by molar-refractivity contribution is 6.19. The molecule has 37 heavy (non-hydrogen) atoms. The van der Waals surface area contributed by atoms with E-state index in [9.17, 15) is 4.79 Å². The number of hydrogen-bond acceptors (Lipinski definition) is 7. The molecule has 2 fully saturated rings. The Kier molecular flexibility index (Phi) is 5.19. The fourth-order valence-corrected chi connectivity index (χ4v) is 5.48. The lowest BCUT2D eigenvalue weighted by molar-refractivity contribution is 0.100. The molecule has 2 aromatic heterocycles. The van der Waals surface area contributed by atoms with Crippen LogP contribution in [-0.2, 0) is 7.05 Å². The van der Waals surface area contributed by atoms with Crippen LogP contribution in [0.4, 0.5) is 17.1 Å². The molecule has 4 heterocycles. The largest absolute Gasteiger partial charge is 0.477 e. The lowest BCUT2D eigenvalue weighted by Gasteiger charge is -2.30. The van der Waals surface area contributed by atoms with Crippen molar-refractivity contribution in [2.24, 2.45) is 18.0 Å². The van der Waals surface area contributed by atoms with Crippen LogP contribution in [0.3, 0.4) is 0 Å². The first-order valence-corrected chi connectivity index (χ1v) is 13.3. The third-order valence-corrected chi connectivity index (χ3v) is 7.63. The topological polar surface area (TPSA) is 96.7 Å². The summed E-state index contributed by atoms with van der Waals surface area (Å²) in [6.07, 6.45) is 8.39. The van der Waals surface area contributed by atoms with Crippen molar-refractivity contribution in [3.8, 4) is 17.1 Å². The molecule has 4 aliphatic rings. The average molecular weight is 498 g/mol. The summed E-state index contributed by atoms with van der Waals surface area (Å²) in [6.45, 7) is 2.47. The first kappa shape index (κ1) is 22.3. The normalized spacial score (nSPS) is 22.5. The number of nitrogens with one attached hydrogen (secondary N) is 2. The van der Waals surface area contributed by atoms with E-state index in [0.717, 1.165) is 41.2 Å². The number of guanidine groups is 1. The Morgan fingerprint density at radius 3 is 2.78 bits per heavy atom. The summed E-state index contributed by atoms with van der Waals surface area (Å²) < 4.78 is 8.00. The highest BCUT2D eigenvalue weighted by Gasteiger charge is 2.41. The minimum atomic E-state index is -0.290. The zero-order chi connectivity index (χ0) is 25.1. The first-order valence-electron chi connectivity index (χ1n) is 13.3. The van der Waals surface area contributed by atoms with Gasteiger partial charge in [0.2, 0.25) is 11.8 Å². The number of amides is 1. The summed E-state index contributed by atoms with van der Waals surface area (Å²) in [5, 5.41) is 11.5. The molecule has 2 saturated carbocycles. The van der Waals surface area contributed by atoms with Crippen molar-refractivity contribution in [3.05, 3.63) is 47.8 Å². The molecule has 2 aliphatic heterocycles. The first-order chi connectivity index (χ1) is 18.0. The Morgan fingerprint density at radius 2 is 1.97 bits per heavy atom. The number of aryl methyl sites for hydroxylation is 2. The monoisotopic (exact) mass is 497 g/mol. The van der Waals surface area contributed by atoms with Crippen LogP contribution in [0.5, 0.6) is 5.88 Å². The van der Waals surface area contributed by atoms with Crippen molar-refractivity contribution >= 4 is 28.9 Å². The third kappa shape index (κ3) is 4.22. The number of aliphatic imine (C=N–C) groups is 1. The zero-order valence-electron chi connectivity index (χ0n) is 21.2. The van der Waals surface area contributed by atoms with Gasteiger partial charge < -0.3 is 20.3 Å². The quantitative estimate of drug-likeness (QED) is 0.539. The Bertz CT molecular complexity index is 1420. The molecular formula is C28H31N7O2. The van der Waals surface area contributed by atoms with Crippen LogP contribution in [-0.4, -0.2) is 45.3 Å². The van der Waals surface area contributed by atoms with Crippen molar-refractivity contribution in [3.63, 3.8) is 0 Å². The van der Waals surface area contributed by atoms with Gasteiger partial charge in [-0.2, -0.15) is 10.1 Å². The third-order valence-electron chi connectivity index (χ3n) is 7.63. The number of aromatic nitrogens is 3. The Labute approximate surface area is 215 Å². The molecule has 1 aromatic carbocycles. The number of ether oxygens (including phenoxy) is 1. The molecular weight excluding hydrogens is 466 g/mol. The number of rotatable bonds is 3. The van der Waals surface area contributed by atoms with Crippen molar-refractivity contribution in [2.75, 3.05) is 22.1 Å². The number of hydrogen-bond donors (Lipinski definition) is 2. The summed E-state index contributed by atoms with van der Waals surface area (Å²) in [4.78, 5) is 25.2. The van der Waals surface area contributed by atoms with Gasteiger partial charge in [-0.3, -0.25) is 9.78 Å². The van der Waals surface area contributed by atoms with E-state index in [2.05, 4.69) is 48.8 Å². The van der Waals surface area contributed by atoms with Gasteiger partial charge in [-0.1, -0.05) is 0 Å². The van der Waals surface area contributed by atoms with E-state index in [-0.39, 0.29) is 11.9 Å². The average Bonchev–Trinajstić information content (AvgIpc) is 3.80. The lowest BCUT2D eigenvalue weighted by atomic mass is 10.0. The molecule has 2 N–H and O–H groups in total. The molecule has 0 spiro atoms. The predicted molar refractivity (Wildman–Crippen MR) is 143 cm³/mol. The zero-order valence-corrected chi connectivity index (χ0v) is 21.2. The second-order valence-corrected chi connectivity index (χ2v) is 10.7. The molecule has 9 heteroatoms. The number of nitrogens with zero attached hydrogens (tertiary/aromatic N) is 5. The molecule has 9 nitrogen and oxygen atoms in total. The summed E-state index contributed by atoms with van der Waals surface area (Å²) in [5.41, 5.74) is 5.88. The number of pyridine rings is 1. The van der Waals surface area contributed by atoms with Crippen LogP contribution in [0.1, 0.15) is 54.6 Å². The Hall–Kier alpha value is -3.88. The molecule has 0 radical (unpaired) electrons. The van der Waals surface area contributed by atoms with Crippen molar-refractivity contribution in [2.45, 2.75) is 57.5 Å². The van der Waals surface area contributed by atoms with Gasteiger partial charge in [-0.25, -0.2) is 4.68 Å². The number of carbonyl (C=O) groups excluding carboxylic acids is 1. The van der Waals surface area contributed by atoms with E-state index >= 15 is 0 Å². The molecule has 190 valence electrons. The number of fused-ring (bicyclic) bond motifs is 7. The molecule has 3 aromatic rings. The van der Waals surface area contributed by atoms with Gasteiger partial charge in [-0.15, -0.1) is 0 Å². The Balaban J connectivity index is 1.33. The molecule has 1 atom stereocenters. The van der Waals surface area contributed by atoms with Crippen LogP contribution in [0.25, 0.3) is 11.3 Å². The van der Waals surface area contributed by atoms with Crippen molar-refractivity contribution < 1.29 is 9.53 Å². The van der Waals surface area contributed by atoms with E-state index in [1.165, 1.54) is 25.7 Å². The van der Waals surface area contributed by atoms with E-state index in [1.807, 2.05) is 14.0 Å². The van der Waals surface area contributed by atoms with Crippen LogP contribution in [0, 0.1) is 12.8 Å². The maximum absolute atomic E-state index is 13.6. The molecule has 2 aliphatic carbocycles. The van der Waals surface area contributed by atoms with E-state index < -0.39 is 0 Å². The molecule has 1 unspecified atom stereocenters. The standard InChI is InChI=1S/C28H31N7O2/c1-16-12-18-13-23(30-16)21-15-29-34(2)27(21)37-11-3-4-24(17-5-6-17)35-25-14-20(31-19-7-8-19)9-10-22(25)32-28(35)33-26(18)36/h9-10,12-15,17,19,24,31H,3-8,11H2,1-2H3,(H,32,33,36). The molecule has 2 bridgehead atoms. The fourth-order valence-electron chi connectivity index (χ4n) is 5.48. The van der Waals surface area contributed by atoms with Crippen LogP contribution >= 0.6 is 0 Å². The minimum Gasteiger partial charge on any atom is -0.477 e. The van der Waals surface area contributed by atoms with Crippen molar-refractivity contribution in [1.29, 1.82) is 0 Å². The van der Waals surface area contributed by atoms with E-state index in [4.69, 9.17) is 4.74 Å². The number of anilines is 3. The summed E-state index contributed by atoms with van der Waals surface area (Å²) in [7, 11) is 1.87. The number of carbonyl (C=O) groups is 1. The van der Waals surface area contributed by atoms with Crippen LogP contribution in [0.15, 0.2) is 41.5 Å².